The smallest absolute Gasteiger partial charge is 0.253 e. The zero-order valence-corrected chi connectivity index (χ0v) is 14.7. The van der Waals surface area contributed by atoms with Crippen molar-refractivity contribution in [2.45, 2.75) is 18.8 Å². The van der Waals surface area contributed by atoms with Crippen LogP contribution in [0.1, 0.15) is 34.9 Å². The molecule has 6 heteroatoms. The normalized spacial score (nSPS) is 18.0. The minimum Gasteiger partial charge on any atom is -0.338 e. The first-order chi connectivity index (χ1) is 11.7. The highest BCUT2D eigenvalue weighted by molar-refractivity contribution is 9.10. The van der Waals surface area contributed by atoms with Crippen LogP contribution in [-0.4, -0.2) is 38.5 Å². The lowest BCUT2D eigenvalue weighted by molar-refractivity contribution is 0.0704. The minimum atomic E-state index is 0.0785. The van der Waals surface area contributed by atoms with E-state index in [-0.39, 0.29) is 11.8 Å². The van der Waals surface area contributed by atoms with Crippen LogP contribution >= 0.6 is 15.9 Å². The summed E-state index contributed by atoms with van der Waals surface area (Å²) in [6.07, 6.45) is 3.99. The second-order valence-electron chi connectivity index (χ2n) is 6.09. The molecule has 0 bridgehead atoms. The van der Waals surface area contributed by atoms with Gasteiger partial charge in [-0.15, -0.1) is 10.2 Å². The lowest BCUT2D eigenvalue weighted by atomic mass is 9.96. The van der Waals surface area contributed by atoms with Crippen LogP contribution in [0, 0.1) is 0 Å². The largest absolute Gasteiger partial charge is 0.338 e. The number of benzene rings is 1. The molecule has 1 fully saturated rings. The standard InChI is InChI=1S/C18H17BrN4O/c19-15-7-3-5-13(11-15)18(24)22-9-4-6-14(12-22)17-21-20-16-8-1-2-10-23(16)17/h1-3,5,7-8,10-11,14H,4,6,9,12H2/t14-/m0/s1. The van der Waals surface area contributed by atoms with Gasteiger partial charge < -0.3 is 4.90 Å². The monoisotopic (exact) mass is 384 g/mol. The Morgan fingerprint density at radius 2 is 2.08 bits per heavy atom. The van der Waals surface area contributed by atoms with Crippen LogP contribution < -0.4 is 0 Å². The van der Waals surface area contributed by atoms with Crippen molar-refractivity contribution >= 4 is 27.5 Å². The quantitative estimate of drug-likeness (QED) is 0.679. The van der Waals surface area contributed by atoms with Crippen molar-refractivity contribution in [2.24, 2.45) is 0 Å². The summed E-state index contributed by atoms with van der Waals surface area (Å²) in [7, 11) is 0. The molecule has 1 atom stereocenters. The van der Waals surface area contributed by atoms with E-state index >= 15 is 0 Å². The van der Waals surface area contributed by atoms with Crippen molar-refractivity contribution in [3.8, 4) is 0 Å². The van der Waals surface area contributed by atoms with Crippen LogP contribution in [0.3, 0.4) is 0 Å². The van der Waals surface area contributed by atoms with Gasteiger partial charge in [-0.3, -0.25) is 9.20 Å². The van der Waals surface area contributed by atoms with E-state index in [1.807, 2.05) is 58.0 Å². The fourth-order valence-electron chi connectivity index (χ4n) is 3.31. The van der Waals surface area contributed by atoms with Crippen LogP contribution in [0.15, 0.2) is 53.1 Å². The highest BCUT2D eigenvalue weighted by atomic mass is 79.9. The molecule has 24 heavy (non-hydrogen) atoms. The number of pyridine rings is 1. The second-order valence-corrected chi connectivity index (χ2v) is 7.00. The molecule has 0 saturated carbocycles. The third kappa shape index (κ3) is 2.82. The van der Waals surface area contributed by atoms with Crippen molar-refractivity contribution in [1.29, 1.82) is 0 Å². The van der Waals surface area contributed by atoms with Crippen LogP contribution in [0.2, 0.25) is 0 Å². The third-order valence-electron chi connectivity index (χ3n) is 4.49. The average Bonchev–Trinajstić information content (AvgIpc) is 3.05. The van der Waals surface area contributed by atoms with Crippen LogP contribution in [-0.2, 0) is 0 Å². The predicted octanol–water partition coefficient (Wildman–Crippen LogP) is 3.51. The molecule has 4 rings (SSSR count). The number of nitrogens with zero attached hydrogens (tertiary/aromatic N) is 4. The Balaban J connectivity index is 1.59. The van der Waals surface area contributed by atoms with Gasteiger partial charge in [-0.25, -0.2) is 0 Å². The lowest BCUT2D eigenvalue weighted by Crippen LogP contribution is -2.39. The van der Waals surface area contributed by atoms with Gasteiger partial charge >= 0.3 is 0 Å². The molecule has 122 valence electrons. The molecule has 1 aromatic carbocycles. The van der Waals surface area contributed by atoms with Gasteiger partial charge in [-0.05, 0) is 43.2 Å². The van der Waals surface area contributed by atoms with E-state index in [0.29, 0.717) is 6.54 Å². The number of amides is 1. The Labute approximate surface area is 148 Å². The Bertz CT molecular complexity index is 891. The van der Waals surface area contributed by atoms with Gasteiger partial charge in [0, 0.05) is 35.2 Å². The summed E-state index contributed by atoms with van der Waals surface area (Å²) in [6, 6.07) is 13.4. The van der Waals surface area contributed by atoms with Crippen LogP contribution in [0.5, 0.6) is 0 Å². The van der Waals surface area contributed by atoms with Gasteiger partial charge in [-0.2, -0.15) is 0 Å². The Morgan fingerprint density at radius 3 is 2.96 bits per heavy atom. The fourth-order valence-corrected chi connectivity index (χ4v) is 3.71. The van der Waals surface area contributed by atoms with Crippen LogP contribution in [0.4, 0.5) is 0 Å². The summed E-state index contributed by atoms with van der Waals surface area (Å²) >= 11 is 3.43. The van der Waals surface area contributed by atoms with Crippen molar-refractivity contribution in [1.82, 2.24) is 19.5 Å². The zero-order valence-electron chi connectivity index (χ0n) is 13.1. The molecule has 2 aromatic heterocycles. The highest BCUT2D eigenvalue weighted by Crippen LogP contribution is 2.27. The fraction of sp³-hybridized carbons (Fsp3) is 0.278. The van der Waals surface area contributed by atoms with Gasteiger partial charge in [-0.1, -0.05) is 28.1 Å². The lowest BCUT2D eigenvalue weighted by Gasteiger charge is -2.32. The summed E-state index contributed by atoms with van der Waals surface area (Å²) in [5.41, 5.74) is 1.57. The summed E-state index contributed by atoms with van der Waals surface area (Å²) in [5, 5.41) is 8.60. The predicted molar refractivity (Wildman–Crippen MR) is 95.0 cm³/mol. The molecule has 5 nitrogen and oxygen atoms in total. The number of carbonyl (C=O) groups is 1. The molecule has 1 aliphatic rings. The average molecular weight is 385 g/mol. The molecule has 0 radical (unpaired) electrons. The maximum Gasteiger partial charge on any atom is 0.253 e. The molecule has 1 aliphatic heterocycles. The Hall–Kier alpha value is -2.21. The number of hydrogen-bond donors (Lipinski definition) is 0. The highest BCUT2D eigenvalue weighted by Gasteiger charge is 2.28. The second kappa shape index (κ2) is 6.36. The van der Waals surface area contributed by atoms with E-state index in [2.05, 4.69) is 26.1 Å². The van der Waals surface area contributed by atoms with Crippen molar-refractivity contribution in [3.05, 3.63) is 64.5 Å². The van der Waals surface area contributed by atoms with Crippen molar-refractivity contribution < 1.29 is 4.79 Å². The van der Waals surface area contributed by atoms with E-state index < -0.39 is 0 Å². The zero-order chi connectivity index (χ0) is 16.5. The first-order valence-electron chi connectivity index (χ1n) is 8.07. The number of fused-ring (bicyclic) bond motifs is 1. The Morgan fingerprint density at radius 1 is 1.17 bits per heavy atom. The molecule has 3 heterocycles. The molecular formula is C18H17BrN4O. The number of carbonyl (C=O) groups excluding carboxylic acids is 1. The SMILES string of the molecule is O=C(c1cccc(Br)c1)N1CCC[C@H](c2nnc3ccccn23)C1. The third-order valence-corrected chi connectivity index (χ3v) is 4.98. The van der Waals surface area contributed by atoms with Crippen LogP contribution in [0.25, 0.3) is 5.65 Å². The van der Waals surface area contributed by atoms with Gasteiger partial charge in [0.15, 0.2) is 5.65 Å². The van der Waals surface area contributed by atoms with Crippen molar-refractivity contribution in [2.75, 3.05) is 13.1 Å². The van der Waals surface area contributed by atoms with Gasteiger partial charge in [0.25, 0.3) is 5.91 Å². The molecule has 1 amide bonds. The number of rotatable bonds is 2. The molecule has 0 spiro atoms. The maximum absolute atomic E-state index is 12.8. The molecule has 1 saturated heterocycles. The van der Waals surface area contributed by atoms with Gasteiger partial charge in [0.1, 0.15) is 5.82 Å². The maximum atomic E-state index is 12.8. The van der Waals surface area contributed by atoms with E-state index in [9.17, 15) is 4.79 Å². The molecule has 0 unspecified atom stereocenters. The van der Waals surface area contributed by atoms with E-state index in [4.69, 9.17) is 0 Å². The summed E-state index contributed by atoms with van der Waals surface area (Å²) in [6.45, 7) is 1.47. The van der Waals surface area contributed by atoms with Gasteiger partial charge in [0.2, 0.25) is 0 Å². The van der Waals surface area contributed by atoms with Crippen molar-refractivity contribution in [3.63, 3.8) is 0 Å². The minimum absolute atomic E-state index is 0.0785. The van der Waals surface area contributed by atoms with E-state index in [1.54, 1.807) is 0 Å². The van der Waals surface area contributed by atoms with Gasteiger partial charge in [0.05, 0.1) is 0 Å². The summed E-state index contributed by atoms with van der Waals surface area (Å²) in [4.78, 5) is 14.7. The number of hydrogen-bond acceptors (Lipinski definition) is 3. The molecule has 0 aliphatic carbocycles. The molecule has 3 aromatic rings. The number of likely N-dealkylation sites (tertiary alicyclic amines) is 1. The van der Waals surface area contributed by atoms with E-state index in [0.717, 1.165) is 40.9 Å². The number of halogens is 1. The molecular weight excluding hydrogens is 368 g/mol. The summed E-state index contributed by atoms with van der Waals surface area (Å²) in [5.74, 6) is 1.24. The summed E-state index contributed by atoms with van der Waals surface area (Å²) < 4.78 is 2.95. The molecule has 0 N–H and O–H groups in total. The first-order valence-corrected chi connectivity index (χ1v) is 8.86. The number of piperidine rings is 1. The number of aromatic nitrogens is 3. The van der Waals surface area contributed by atoms with E-state index in [1.165, 1.54) is 0 Å². The first kappa shape index (κ1) is 15.3. The Kier molecular flexibility index (Phi) is 4.06. The topological polar surface area (TPSA) is 50.5 Å².